The summed E-state index contributed by atoms with van der Waals surface area (Å²) >= 11 is 12.0. The first-order valence-corrected chi connectivity index (χ1v) is 9.48. The Morgan fingerprint density at radius 2 is 1.41 bits per heavy atom. The van der Waals surface area contributed by atoms with E-state index >= 15 is 0 Å². The van der Waals surface area contributed by atoms with Crippen LogP contribution in [0.1, 0.15) is 18.4 Å². The van der Waals surface area contributed by atoms with Crippen LogP contribution in [0.15, 0.2) is 72.8 Å². The molecule has 0 aliphatic heterocycles. The first-order valence-electron chi connectivity index (χ1n) is 8.73. The molecule has 3 nitrogen and oxygen atoms in total. The number of hydrogen-bond donors (Lipinski definition) is 0. The van der Waals surface area contributed by atoms with E-state index in [1.165, 1.54) is 5.56 Å². The van der Waals surface area contributed by atoms with Crippen molar-refractivity contribution in [2.75, 3.05) is 0 Å². The molecule has 0 saturated carbocycles. The molecule has 0 radical (unpaired) electrons. The van der Waals surface area contributed by atoms with Gasteiger partial charge in [-0.3, -0.25) is 0 Å². The van der Waals surface area contributed by atoms with E-state index in [4.69, 9.17) is 23.2 Å². The molecule has 4 rings (SSSR count). The summed E-state index contributed by atoms with van der Waals surface area (Å²) < 4.78 is 0. The third-order valence-electron chi connectivity index (χ3n) is 4.70. The molecule has 2 unspecified atom stereocenters. The largest absolute Gasteiger partial charge is 0.227 e. The first-order chi connectivity index (χ1) is 13.1. The molecule has 0 amide bonds. The summed E-state index contributed by atoms with van der Waals surface area (Å²) in [5.74, 6) is 1.16. The van der Waals surface area contributed by atoms with Crippen molar-refractivity contribution in [3.8, 4) is 22.5 Å². The second kappa shape index (κ2) is 7.63. The van der Waals surface area contributed by atoms with Crippen LogP contribution in [0, 0.1) is 5.92 Å². The van der Waals surface area contributed by atoms with Crippen molar-refractivity contribution in [2.45, 2.75) is 12.8 Å². The fourth-order valence-corrected chi connectivity index (χ4v) is 3.72. The van der Waals surface area contributed by atoms with Gasteiger partial charge in [0.15, 0.2) is 5.82 Å². The lowest BCUT2D eigenvalue weighted by molar-refractivity contribution is 0.635. The number of aromatic nitrogens is 3. The van der Waals surface area contributed by atoms with Gasteiger partial charge in [0.1, 0.15) is 0 Å². The number of benzene rings is 2. The molecule has 1 heterocycles. The highest BCUT2D eigenvalue weighted by Gasteiger charge is 2.19. The lowest BCUT2D eigenvalue weighted by Gasteiger charge is -2.22. The second-order valence-corrected chi connectivity index (χ2v) is 7.24. The van der Waals surface area contributed by atoms with Crippen LogP contribution in [0.5, 0.6) is 0 Å². The minimum absolute atomic E-state index is 0.0885. The highest BCUT2D eigenvalue weighted by Crippen LogP contribution is 2.35. The van der Waals surface area contributed by atoms with E-state index in [-0.39, 0.29) is 16.5 Å². The maximum atomic E-state index is 6.00. The minimum Gasteiger partial charge on any atom is -0.198 e. The van der Waals surface area contributed by atoms with Crippen LogP contribution in [0.3, 0.4) is 0 Å². The smallest absolute Gasteiger partial charge is 0.198 e. The average Bonchev–Trinajstić information content (AvgIpc) is 2.68. The molecule has 27 heavy (non-hydrogen) atoms. The highest BCUT2D eigenvalue weighted by atomic mass is 35.5. The highest BCUT2D eigenvalue weighted by molar-refractivity contribution is 6.31. The lowest BCUT2D eigenvalue weighted by Crippen LogP contribution is -2.08. The maximum absolute atomic E-state index is 6.00. The number of rotatable bonds is 3. The van der Waals surface area contributed by atoms with Crippen LogP contribution in [-0.4, -0.2) is 15.0 Å². The fraction of sp³-hybridized carbons (Fsp3) is 0.136. The van der Waals surface area contributed by atoms with Gasteiger partial charge in [0.25, 0.3) is 0 Å². The van der Waals surface area contributed by atoms with E-state index in [0.717, 1.165) is 16.7 Å². The first kappa shape index (κ1) is 17.9. The van der Waals surface area contributed by atoms with Crippen molar-refractivity contribution in [3.63, 3.8) is 0 Å². The van der Waals surface area contributed by atoms with Crippen molar-refractivity contribution in [1.29, 1.82) is 0 Å². The van der Waals surface area contributed by atoms with Crippen LogP contribution in [-0.2, 0) is 0 Å². The average molecular weight is 394 g/mol. The molecular weight excluding hydrogens is 377 g/mol. The van der Waals surface area contributed by atoms with E-state index in [9.17, 15) is 0 Å². The van der Waals surface area contributed by atoms with E-state index in [2.05, 4.69) is 76.5 Å². The zero-order chi connectivity index (χ0) is 18.8. The van der Waals surface area contributed by atoms with Crippen LogP contribution in [0.25, 0.3) is 22.5 Å². The molecule has 5 heteroatoms. The predicted molar refractivity (Wildman–Crippen MR) is 111 cm³/mol. The summed E-state index contributed by atoms with van der Waals surface area (Å²) in [6.45, 7) is 2.22. The van der Waals surface area contributed by atoms with Gasteiger partial charge in [-0.25, -0.2) is 0 Å². The Labute approximate surface area is 168 Å². The number of halogens is 2. The van der Waals surface area contributed by atoms with Gasteiger partial charge in [0.05, 0.1) is 0 Å². The normalized spacial score (nSPS) is 18.6. The Kier molecular flexibility index (Phi) is 5.06. The summed E-state index contributed by atoms with van der Waals surface area (Å²) in [5, 5.41) is 0.177. The molecule has 0 spiro atoms. The number of hydrogen-bond acceptors (Lipinski definition) is 3. The summed E-state index contributed by atoms with van der Waals surface area (Å²) in [6.07, 6.45) is 8.63. The van der Waals surface area contributed by atoms with Crippen LogP contribution in [0.4, 0.5) is 0 Å². The van der Waals surface area contributed by atoms with Gasteiger partial charge in [-0.15, -0.1) is 0 Å². The van der Waals surface area contributed by atoms with Crippen LogP contribution < -0.4 is 0 Å². The number of nitrogens with zero attached hydrogens (tertiary/aromatic N) is 3. The Balaban J connectivity index is 1.89. The van der Waals surface area contributed by atoms with Crippen molar-refractivity contribution >= 4 is 23.2 Å². The molecule has 0 saturated heterocycles. The van der Waals surface area contributed by atoms with Gasteiger partial charge in [0.2, 0.25) is 10.6 Å². The zero-order valence-electron chi connectivity index (χ0n) is 14.7. The Hall–Kier alpha value is -2.49. The van der Waals surface area contributed by atoms with Crippen molar-refractivity contribution in [3.05, 3.63) is 89.0 Å². The van der Waals surface area contributed by atoms with Crippen LogP contribution >= 0.6 is 23.2 Å². The van der Waals surface area contributed by atoms with Gasteiger partial charge in [-0.1, -0.05) is 67.6 Å². The molecule has 0 N–H and O–H groups in total. The summed E-state index contributed by atoms with van der Waals surface area (Å²) in [6, 6.07) is 16.7. The quantitative estimate of drug-likeness (QED) is 0.519. The Bertz CT molecular complexity index is 1010. The van der Waals surface area contributed by atoms with Gasteiger partial charge in [0, 0.05) is 11.5 Å². The van der Waals surface area contributed by atoms with Gasteiger partial charge in [-0.05, 0) is 57.9 Å². The van der Waals surface area contributed by atoms with Gasteiger partial charge >= 0.3 is 0 Å². The number of allylic oxidation sites excluding steroid dienone is 4. The zero-order valence-corrected chi connectivity index (χ0v) is 16.2. The summed E-state index contributed by atoms with van der Waals surface area (Å²) in [7, 11) is 0. The summed E-state index contributed by atoms with van der Waals surface area (Å²) in [5.41, 5.74) is 4.31. The fourth-order valence-electron chi connectivity index (χ4n) is 3.36. The van der Waals surface area contributed by atoms with E-state index in [0.29, 0.717) is 11.7 Å². The Morgan fingerprint density at radius 1 is 0.741 bits per heavy atom. The molecule has 1 aliphatic carbocycles. The molecule has 2 aromatic carbocycles. The van der Waals surface area contributed by atoms with E-state index in [1.807, 2.05) is 18.2 Å². The molecule has 0 fully saturated rings. The topological polar surface area (TPSA) is 38.7 Å². The third kappa shape index (κ3) is 3.95. The maximum Gasteiger partial charge on any atom is 0.227 e. The molecule has 134 valence electrons. The van der Waals surface area contributed by atoms with Crippen molar-refractivity contribution < 1.29 is 0 Å². The monoisotopic (exact) mass is 393 g/mol. The SMILES string of the molecule is CC1C=CC=CC1c1cc(-c2ccccc2)cc(-c2nc(Cl)nc(Cl)n2)c1. The van der Waals surface area contributed by atoms with Crippen molar-refractivity contribution in [2.24, 2.45) is 5.92 Å². The molecule has 1 aromatic heterocycles. The molecule has 1 aliphatic rings. The van der Waals surface area contributed by atoms with E-state index in [1.54, 1.807) is 0 Å². The van der Waals surface area contributed by atoms with Gasteiger partial charge in [-0.2, -0.15) is 15.0 Å². The molecule has 2 atom stereocenters. The molecular formula is C22H17Cl2N3. The second-order valence-electron chi connectivity index (χ2n) is 6.56. The van der Waals surface area contributed by atoms with Crippen LogP contribution in [0.2, 0.25) is 10.6 Å². The lowest BCUT2D eigenvalue weighted by atomic mass is 9.82. The molecule has 0 bridgehead atoms. The standard InChI is InChI=1S/C22H17Cl2N3/c1-14-7-5-6-10-19(14)17-11-16(15-8-3-2-4-9-15)12-18(13-17)20-25-21(23)27-22(24)26-20/h2-14,19H,1H3. The van der Waals surface area contributed by atoms with Crippen molar-refractivity contribution in [1.82, 2.24) is 15.0 Å². The molecule has 3 aromatic rings. The predicted octanol–water partition coefficient (Wildman–Crippen LogP) is 6.36. The van der Waals surface area contributed by atoms with E-state index < -0.39 is 0 Å². The minimum atomic E-state index is 0.0885. The van der Waals surface area contributed by atoms with Gasteiger partial charge < -0.3 is 0 Å². The third-order valence-corrected chi connectivity index (χ3v) is 5.04. The summed E-state index contributed by atoms with van der Waals surface area (Å²) in [4.78, 5) is 12.4. The Morgan fingerprint density at radius 3 is 2.11 bits per heavy atom.